The second-order valence-corrected chi connectivity index (χ2v) is 9.13. The summed E-state index contributed by atoms with van der Waals surface area (Å²) in [6.07, 6.45) is 8.13. The molecule has 1 aliphatic heterocycles. The van der Waals surface area contributed by atoms with Gasteiger partial charge < -0.3 is 20.3 Å². The average molecular weight is 508 g/mol. The predicted molar refractivity (Wildman–Crippen MR) is 143 cm³/mol. The lowest BCUT2D eigenvalue weighted by molar-refractivity contribution is -0.123. The first-order valence-electron chi connectivity index (χ1n) is 11.8. The maximum atomic E-state index is 13.8. The van der Waals surface area contributed by atoms with Crippen LogP contribution in [0.15, 0.2) is 76.8 Å². The lowest BCUT2D eigenvalue weighted by atomic mass is 10.1. The highest BCUT2D eigenvalue weighted by Gasteiger charge is 2.24. The van der Waals surface area contributed by atoms with E-state index in [-0.39, 0.29) is 12.5 Å². The highest BCUT2D eigenvalue weighted by molar-refractivity contribution is 7.13. The van der Waals surface area contributed by atoms with Gasteiger partial charge in [-0.25, -0.2) is 4.99 Å². The lowest BCUT2D eigenvalue weighted by Gasteiger charge is -2.08. The molecule has 0 bridgehead atoms. The van der Waals surface area contributed by atoms with Gasteiger partial charge in [0.25, 0.3) is 5.91 Å². The largest absolute Gasteiger partial charge is 0.678 e. The zero-order valence-corrected chi connectivity index (χ0v) is 20.5. The van der Waals surface area contributed by atoms with Gasteiger partial charge in [0.05, 0.1) is 17.1 Å². The number of amides is 1. The molecule has 10 heteroatoms. The maximum Gasteiger partial charge on any atom is 0.678 e. The number of hydrogen-bond donors (Lipinski definition) is 2. The zero-order chi connectivity index (χ0) is 25.3. The van der Waals surface area contributed by atoms with Gasteiger partial charge in [0, 0.05) is 22.7 Å². The van der Waals surface area contributed by atoms with Crippen LogP contribution in [0.4, 0.5) is 8.63 Å². The molecule has 0 radical (unpaired) electrons. The van der Waals surface area contributed by atoms with Gasteiger partial charge in [-0.3, -0.25) is 13.4 Å². The molecule has 1 amide bonds. The molecule has 3 heterocycles. The Morgan fingerprint density at radius 2 is 1.94 bits per heavy atom. The van der Waals surface area contributed by atoms with E-state index in [1.807, 2.05) is 35.7 Å². The normalized spacial score (nSPS) is 13.8. The first-order valence-corrected chi connectivity index (χ1v) is 12.6. The van der Waals surface area contributed by atoms with Crippen molar-refractivity contribution in [1.82, 2.24) is 9.79 Å². The third-order valence-electron chi connectivity index (χ3n) is 5.60. The Balaban J connectivity index is 1.36. The summed E-state index contributed by atoms with van der Waals surface area (Å²) in [7, 11) is -2.66. The average Bonchev–Trinajstić information content (AvgIpc) is 3.64. The molecule has 6 nitrogen and oxygen atoms in total. The number of carbonyl (C=O) groups excluding carboxylic acids is 1. The molecular formula is C26H27BF2N4O2S. The SMILES string of the molecule is NCCCCCNC(=O)COc1ccc(C2=N/C(=C\c3ccc(-c4cccs4)n3B(F)F)C=C2)cc1. The molecule has 186 valence electrons. The van der Waals surface area contributed by atoms with Gasteiger partial charge in [-0.2, -0.15) is 0 Å². The molecule has 3 N–H and O–H groups in total. The van der Waals surface area contributed by atoms with Gasteiger partial charge in [0.2, 0.25) is 0 Å². The maximum absolute atomic E-state index is 13.8. The molecule has 0 spiro atoms. The van der Waals surface area contributed by atoms with Crippen molar-refractivity contribution in [1.29, 1.82) is 0 Å². The number of unbranched alkanes of at least 4 members (excludes halogenated alkanes) is 2. The van der Waals surface area contributed by atoms with Gasteiger partial charge in [0.15, 0.2) is 6.61 Å². The zero-order valence-electron chi connectivity index (χ0n) is 19.7. The number of aromatic nitrogens is 1. The van der Waals surface area contributed by atoms with Crippen LogP contribution in [-0.4, -0.2) is 43.2 Å². The number of halogens is 2. The van der Waals surface area contributed by atoms with Crippen LogP contribution >= 0.6 is 11.3 Å². The number of ether oxygens (including phenoxy) is 1. The van der Waals surface area contributed by atoms with Crippen LogP contribution in [0.3, 0.4) is 0 Å². The summed E-state index contributed by atoms with van der Waals surface area (Å²) < 4.78 is 34.2. The van der Waals surface area contributed by atoms with E-state index in [9.17, 15) is 13.4 Å². The van der Waals surface area contributed by atoms with Crippen molar-refractivity contribution in [2.45, 2.75) is 19.3 Å². The van der Waals surface area contributed by atoms with Crippen LogP contribution in [0.5, 0.6) is 5.75 Å². The van der Waals surface area contributed by atoms with E-state index in [2.05, 4.69) is 10.3 Å². The number of aliphatic imine (C=N–C) groups is 1. The van der Waals surface area contributed by atoms with Crippen molar-refractivity contribution in [2.24, 2.45) is 10.7 Å². The fraction of sp³-hybridized carbons (Fsp3) is 0.231. The number of nitrogens with two attached hydrogens (primary N) is 1. The molecule has 0 unspecified atom stereocenters. The quantitative estimate of drug-likeness (QED) is 0.267. The lowest BCUT2D eigenvalue weighted by Crippen LogP contribution is -2.29. The van der Waals surface area contributed by atoms with Crippen LogP contribution < -0.4 is 15.8 Å². The summed E-state index contributed by atoms with van der Waals surface area (Å²) in [4.78, 5) is 17.3. The van der Waals surface area contributed by atoms with Crippen LogP contribution in [0.25, 0.3) is 16.6 Å². The third kappa shape index (κ3) is 6.58. The van der Waals surface area contributed by atoms with Crippen molar-refractivity contribution in [3.05, 3.63) is 83.0 Å². The molecule has 36 heavy (non-hydrogen) atoms. The molecule has 2 aromatic heterocycles. The number of allylic oxidation sites excluding steroid dienone is 2. The molecule has 4 rings (SSSR count). The van der Waals surface area contributed by atoms with E-state index in [4.69, 9.17) is 10.5 Å². The number of thiophene rings is 1. The van der Waals surface area contributed by atoms with Crippen LogP contribution in [0.2, 0.25) is 0 Å². The fourth-order valence-corrected chi connectivity index (χ4v) is 4.54. The van der Waals surface area contributed by atoms with Crippen LogP contribution in [0.1, 0.15) is 30.5 Å². The summed E-state index contributed by atoms with van der Waals surface area (Å²) in [5, 5.41) is 4.69. The van der Waals surface area contributed by atoms with Crippen LogP contribution in [-0.2, 0) is 4.79 Å². The summed E-state index contributed by atoms with van der Waals surface area (Å²) in [5.41, 5.74) is 8.49. The van der Waals surface area contributed by atoms with Crippen molar-refractivity contribution < 1.29 is 18.2 Å². The predicted octanol–water partition coefficient (Wildman–Crippen LogP) is 5.01. The van der Waals surface area contributed by atoms with E-state index in [0.29, 0.717) is 35.9 Å². The van der Waals surface area contributed by atoms with Crippen LogP contribution in [0, 0.1) is 0 Å². The minimum Gasteiger partial charge on any atom is -0.484 e. The van der Waals surface area contributed by atoms with E-state index in [1.54, 1.807) is 36.4 Å². The highest BCUT2D eigenvalue weighted by Crippen LogP contribution is 2.29. The molecular weight excluding hydrogens is 481 g/mol. The number of hydrogen-bond acceptors (Lipinski definition) is 5. The first kappa shape index (κ1) is 25.6. The minimum absolute atomic E-state index is 0.0544. The standard InChI is InChI=1S/C26H27BF2N4O2S/c28-27(29)33-21(9-13-24(33)25-5-4-16-36-25)17-20-8-12-23(32-20)19-6-10-22(11-7-19)35-18-26(34)31-15-3-1-2-14-30/h4-13,16-17H,1-3,14-15,18,30H2,(H,31,34)/b20-17-. The van der Waals surface area contributed by atoms with E-state index in [1.165, 1.54) is 11.3 Å². The number of rotatable bonds is 12. The molecule has 1 aliphatic rings. The van der Waals surface area contributed by atoms with Crippen molar-refractivity contribution in [2.75, 3.05) is 19.7 Å². The molecule has 0 atom stereocenters. The summed E-state index contributed by atoms with van der Waals surface area (Å²) in [6.45, 7) is 1.22. The molecule has 0 saturated heterocycles. The Morgan fingerprint density at radius 3 is 2.67 bits per heavy atom. The first-order chi connectivity index (χ1) is 17.5. The van der Waals surface area contributed by atoms with Gasteiger partial charge >= 0.3 is 7.40 Å². The van der Waals surface area contributed by atoms with E-state index < -0.39 is 7.40 Å². The Labute approximate surface area is 213 Å². The Bertz CT molecular complexity index is 1250. The minimum atomic E-state index is -2.66. The van der Waals surface area contributed by atoms with Crippen molar-refractivity contribution in [3.8, 4) is 16.3 Å². The summed E-state index contributed by atoms with van der Waals surface area (Å²) in [6, 6.07) is 14.3. The molecule has 0 saturated carbocycles. The monoisotopic (exact) mass is 508 g/mol. The van der Waals surface area contributed by atoms with Crippen molar-refractivity contribution in [3.63, 3.8) is 0 Å². The highest BCUT2D eigenvalue weighted by atomic mass is 32.1. The summed E-state index contributed by atoms with van der Waals surface area (Å²) >= 11 is 1.42. The number of carbonyl (C=O) groups is 1. The Hall–Kier alpha value is -3.50. The van der Waals surface area contributed by atoms with E-state index >= 15 is 0 Å². The van der Waals surface area contributed by atoms with Crippen molar-refractivity contribution >= 4 is 36.4 Å². The third-order valence-corrected chi connectivity index (χ3v) is 6.49. The molecule has 1 aromatic carbocycles. The second-order valence-electron chi connectivity index (χ2n) is 8.18. The van der Waals surface area contributed by atoms with Gasteiger partial charge in [-0.15, -0.1) is 11.3 Å². The number of nitrogens with zero attached hydrogens (tertiary/aromatic N) is 2. The molecule has 0 fully saturated rings. The smallest absolute Gasteiger partial charge is 0.484 e. The molecule has 0 aliphatic carbocycles. The van der Waals surface area contributed by atoms with Gasteiger partial charge in [0.1, 0.15) is 5.75 Å². The Morgan fingerprint density at radius 1 is 1.11 bits per heavy atom. The van der Waals surface area contributed by atoms with E-state index in [0.717, 1.165) is 39.9 Å². The fourth-order valence-electron chi connectivity index (χ4n) is 3.79. The number of benzene rings is 1. The topological polar surface area (TPSA) is 81.6 Å². The number of nitrogens with one attached hydrogen (secondary N) is 1. The summed E-state index contributed by atoms with van der Waals surface area (Å²) in [5.74, 6) is 0.409. The van der Waals surface area contributed by atoms with Gasteiger partial charge in [-0.1, -0.05) is 12.5 Å². The Kier molecular flexibility index (Phi) is 8.86. The van der Waals surface area contributed by atoms with Gasteiger partial charge in [-0.05, 0) is 85.5 Å². The second kappa shape index (κ2) is 12.5. The molecule has 3 aromatic rings.